The number of aliphatic imine (C=N–C) groups is 3. The number of hydrogen-bond donors (Lipinski definition) is 0. The van der Waals surface area contributed by atoms with Crippen LogP contribution in [-0.4, -0.2) is 18.2 Å². The van der Waals surface area contributed by atoms with Crippen LogP contribution in [0, 0.1) is 6.92 Å². The van der Waals surface area contributed by atoms with Crippen molar-refractivity contribution in [1.29, 1.82) is 0 Å². The van der Waals surface area contributed by atoms with Crippen LogP contribution in [0.4, 0.5) is 17.1 Å². The van der Waals surface area contributed by atoms with E-state index in [9.17, 15) is 14.4 Å². The smallest absolute Gasteiger partial charge is 0.211 e. The third-order valence-electron chi connectivity index (χ3n) is 3.26. The summed E-state index contributed by atoms with van der Waals surface area (Å²) in [6.07, 6.45) is 5.00. The minimum Gasteiger partial charge on any atom is -0.211 e. The summed E-state index contributed by atoms with van der Waals surface area (Å²) in [7, 11) is 0. The van der Waals surface area contributed by atoms with Crippen molar-refractivity contribution in [3.63, 3.8) is 0 Å². The molecule has 23 heavy (non-hydrogen) atoms. The molecule has 2 rings (SSSR count). The highest BCUT2D eigenvalue weighted by Crippen LogP contribution is 2.31. The molecule has 6 nitrogen and oxygen atoms in total. The molecule has 0 spiro atoms. The standard InChI is InChI=1S/C17H11N3O3/c1-12-16(19-10-22)7-14(8-17(12)20-11-23)6-13-2-4-15(5-3-13)18-9-21/h2-5,7-8H,6H2,1H3. The first-order valence-electron chi connectivity index (χ1n) is 6.64. The Labute approximate surface area is 131 Å². The van der Waals surface area contributed by atoms with Crippen LogP contribution in [0.15, 0.2) is 51.4 Å². The molecule has 0 atom stereocenters. The van der Waals surface area contributed by atoms with Gasteiger partial charge in [0.05, 0.1) is 17.1 Å². The van der Waals surface area contributed by atoms with Gasteiger partial charge in [-0.1, -0.05) is 12.1 Å². The van der Waals surface area contributed by atoms with Crippen molar-refractivity contribution < 1.29 is 14.4 Å². The zero-order chi connectivity index (χ0) is 16.7. The summed E-state index contributed by atoms with van der Waals surface area (Å²) < 4.78 is 0. The zero-order valence-electron chi connectivity index (χ0n) is 12.2. The van der Waals surface area contributed by atoms with Crippen molar-refractivity contribution >= 4 is 35.3 Å². The molecule has 0 aliphatic heterocycles. The molecule has 0 aliphatic rings. The molecule has 0 fully saturated rings. The Balaban J connectivity index is 2.40. The highest BCUT2D eigenvalue weighted by atomic mass is 16.1. The highest BCUT2D eigenvalue weighted by Gasteiger charge is 2.07. The second kappa shape index (κ2) is 7.55. The van der Waals surface area contributed by atoms with Crippen LogP contribution < -0.4 is 0 Å². The van der Waals surface area contributed by atoms with Crippen molar-refractivity contribution in [1.82, 2.24) is 0 Å². The second-order valence-corrected chi connectivity index (χ2v) is 4.71. The first-order valence-corrected chi connectivity index (χ1v) is 6.64. The zero-order valence-corrected chi connectivity index (χ0v) is 12.2. The Kier molecular flexibility index (Phi) is 5.24. The SMILES string of the molecule is Cc1c(N=C=O)cc(Cc2ccc(N=C=O)cc2)cc1N=C=O. The summed E-state index contributed by atoms with van der Waals surface area (Å²) in [5.41, 5.74) is 3.73. The fourth-order valence-electron chi connectivity index (χ4n) is 2.15. The molecule has 0 saturated carbocycles. The fraction of sp³-hybridized carbons (Fsp3) is 0.118. The average Bonchev–Trinajstić information content (AvgIpc) is 2.54. The van der Waals surface area contributed by atoms with Crippen LogP contribution in [0.2, 0.25) is 0 Å². The topological polar surface area (TPSA) is 88.3 Å². The molecule has 0 bridgehead atoms. The lowest BCUT2D eigenvalue weighted by atomic mass is 10.0. The molecular formula is C17H11N3O3. The predicted octanol–water partition coefficient (Wildman–Crippen LogP) is 3.49. The molecule has 0 amide bonds. The van der Waals surface area contributed by atoms with Crippen molar-refractivity contribution in [2.45, 2.75) is 13.3 Å². The van der Waals surface area contributed by atoms with Gasteiger partial charge in [0.2, 0.25) is 18.2 Å². The van der Waals surface area contributed by atoms with E-state index in [0.717, 1.165) is 11.1 Å². The van der Waals surface area contributed by atoms with Gasteiger partial charge in [0.25, 0.3) is 0 Å². The summed E-state index contributed by atoms with van der Waals surface area (Å²) >= 11 is 0. The Morgan fingerprint density at radius 1 is 0.783 bits per heavy atom. The molecule has 2 aromatic carbocycles. The van der Waals surface area contributed by atoms with Gasteiger partial charge in [-0.3, -0.25) is 0 Å². The quantitative estimate of drug-likeness (QED) is 0.625. The van der Waals surface area contributed by atoms with E-state index in [2.05, 4.69) is 15.0 Å². The fourth-order valence-corrected chi connectivity index (χ4v) is 2.15. The Bertz CT molecular complexity index is 829. The van der Waals surface area contributed by atoms with Gasteiger partial charge >= 0.3 is 0 Å². The summed E-state index contributed by atoms with van der Waals surface area (Å²) in [5.74, 6) is 0. The third kappa shape index (κ3) is 4.03. The lowest BCUT2D eigenvalue weighted by molar-refractivity contribution is 0.564. The average molecular weight is 305 g/mol. The van der Waals surface area contributed by atoms with Crippen molar-refractivity contribution in [3.8, 4) is 0 Å². The Morgan fingerprint density at radius 3 is 1.78 bits per heavy atom. The maximum absolute atomic E-state index is 10.5. The molecule has 0 saturated heterocycles. The molecular weight excluding hydrogens is 294 g/mol. The van der Waals surface area contributed by atoms with Crippen LogP contribution in [0.25, 0.3) is 0 Å². The molecule has 0 heterocycles. The number of carbonyl (C=O) groups excluding carboxylic acids is 3. The highest BCUT2D eigenvalue weighted by molar-refractivity contribution is 5.67. The monoisotopic (exact) mass is 305 g/mol. The molecule has 0 N–H and O–H groups in total. The maximum Gasteiger partial charge on any atom is 0.240 e. The minimum absolute atomic E-state index is 0.411. The number of benzene rings is 2. The van der Waals surface area contributed by atoms with E-state index in [1.165, 1.54) is 18.2 Å². The maximum atomic E-state index is 10.5. The summed E-state index contributed by atoms with van der Waals surface area (Å²) in [6.45, 7) is 1.71. The molecule has 2 aromatic rings. The number of isocyanates is 3. The van der Waals surface area contributed by atoms with Gasteiger partial charge in [0.15, 0.2) is 0 Å². The first kappa shape index (κ1) is 16.0. The van der Waals surface area contributed by atoms with E-state index in [4.69, 9.17) is 0 Å². The predicted molar refractivity (Wildman–Crippen MR) is 83.8 cm³/mol. The van der Waals surface area contributed by atoms with Gasteiger partial charge in [0.1, 0.15) is 0 Å². The van der Waals surface area contributed by atoms with Gasteiger partial charge in [0, 0.05) is 5.56 Å². The van der Waals surface area contributed by atoms with Crippen LogP contribution in [0.1, 0.15) is 16.7 Å². The lowest BCUT2D eigenvalue weighted by Gasteiger charge is -2.08. The van der Waals surface area contributed by atoms with E-state index < -0.39 is 0 Å². The number of rotatable bonds is 5. The number of hydrogen-bond acceptors (Lipinski definition) is 6. The largest absolute Gasteiger partial charge is 0.240 e. The normalized spacial score (nSPS) is 9.26. The van der Waals surface area contributed by atoms with Gasteiger partial charge < -0.3 is 0 Å². The Morgan fingerprint density at radius 2 is 1.30 bits per heavy atom. The van der Waals surface area contributed by atoms with Crippen LogP contribution in [0.5, 0.6) is 0 Å². The van der Waals surface area contributed by atoms with Gasteiger partial charge in [-0.2, -0.15) is 15.0 Å². The molecule has 0 radical (unpaired) electrons. The van der Waals surface area contributed by atoms with Crippen LogP contribution in [0.3, 0.4) is 0 Å². The van der Waals surface area contributed by atoms with Gasteiger partial charge in [-0.15, -0.1) is 0 Å². The van der Waals surface area contributed by atoms with E-state index in [1.54, 1.807) is 31.2 Å². The summed E-state index contributed by atoms with van der Waals surface area (Å²) in [4.78, 5) is 42.0. The second-order valence-electron chi connectivity index (χ2n) is 4.71. The van der Waals surface area contributed by atoms with Crippen molar-refractivity contribution in [3.05, 3.63) is 53.1 Å². The lowest BCUT2D eigenvalue weighted by Crippen LogP contribution is -1.89. The first-order chi connectivity index (χ1) is 11.2. The number of nitrogens with zero attached hydrogens (tertiary/aromatic N) is 3. The molecule has 0 unspecified atom stereocenters. The summed E-state index contributed by atoms with van der Waals surface area (Å²) in [6, 6.07) is 10.5. The summed E-state index contributed by atoms with van der Waals surface area (Å²) in [5, 5.41) is 0. The minimum atomic E-state index is 0.411. The molecule has 0 aromatic heterocycles. The van der Waals surface area contributed by atoms with Crippen molar-refractivity contribution in [2.24, 2.45) is 15.0 Å². The molecule has 6 heteroatoms. The Hall–Kier alpha value is -3.42. The van der Waals surface area contributed by atoms with E-state index in [0.29, 0.717) is 29.0 Å². The van der Waals surface area contributed by atoms with E-state index in [-0.39, 0.29) is 0 Å². The third-order valence-corrected chi connectivity index (χ3v) is 3.26. The molecule has 0 aliphatic carbocycles. The van der Waals surface area contributed by atoms with Crippen LogP contribution >= 0.6 is 0 Å². The molecule has 112 valence electrons. The van der Waals surface area contributed by atoms with E-state index >= 15 is 0 Å². The van der Waals surface area contributed by atoms with Crippen LogP contribution in [-0.2, 0) is 20.8 Å². The van der Waals surface area contributed by atoms with Crippen molar-refractivity contribution in [2.75, 3.05) is 0 Å². The van der Waals surface area contributed by atoms with Gasteiger partial charge in [-0.25, -0.2) is 14.4 Å². The van der Waals surface area contributed by atoms with Gasteiger partial charge in [-0.05, 0) is 48.7 Å². The van der Waals surface area contributed by atoms with E-state index in [1.807, 2.05) is 12.1 Å².